The summed E-state index contributed by atoms with van der Waals surface area (Å²) in [4.78, 5) is 7.92. The third kappa shape index (κ3) is 3.33. The molecule has 0 atom stereocenters. The molecule has 4 nitrogen and oxygen atoms in total. The largest absolute Gasteiger partial charge is 0.337 e. The van der Waals surface area contributed by atoms with E-state index in [0.717, 1.165) is 33.5 Å². The molecular formula is C26H26N4. The third-order valence-corrected chi connectivity index (χ3v) is 5.64. The highest BCUT2D eigenvalue weighted by atomic mass is 15.0. The Kier molecular flexibility index (Phi) is 4.83. The highest BCUT2D eigenvalue weighted by Crippen LogP contribution is 2.29. The zero-order valence-corrected chi connectivity index (χ0v) is 18.4. The van der Waals surface area contributed by atoms with Gasteiger partial charge in [-0.05, 0) is 88.1 Å². The van der Waals surface area contributed by atoms with E-state index < -0.39 is 0 Å². The molecule has 4 rings (SSSR count). The molecule has 0 unspecified atom stereocenters. The quantitative estimate of drug-likeness (QED) is 0.416. The second-order valence-electron chi connectivity index (χ2n) is 8.19. The Hall–Kier alpha value is -3.58. The van der Waals surface area contributed by atoms with Gasteiger partial charge < -0.3 is 9.55 Å². The molecule has 0 fully saturated rings. The molecule has 2 aromatic heterocycles. The fourth-order valence-corrected chi connectivity index (χ4v) is 4.36. The summed E-state index contributed by atoms with van der Waals surface area (Å²) in [6.45, 7) is 12.7. The summed E-state index contributed by atoms with van der Waals surface area (Å²) in [5.74, 6) is 0.602. The van der Waals surface area contributed by atoms with E-state index in [1.165, 1.54) is 22.4 Å². The maximum atomic E-state index is 9.84. The molecule has 4 aromatic rings. The van der Waals surface area contributed by atoms with Gasteiger partial charge in [-0.25, -0.2) is 4.98 Å². The molecule has 2 aromatic carbocycles. The summed E-state index contributed by atoms with van der Waals surface area (Å²) in [7, 11) is 0. The molecule has 30 heavy (non-hydrogen) atoms. The number of benzene rings is 2. The number of hydrogen-bond donors (Lipinski definition) is 1. The normalized spacial score (nSPS) is 11.8. The van der Waals surface area contributed by atoms with E-state index in [4.69, 9.17) is 0 Å². The number of aromatic amines is 1. The van der Waals surface area contributed by atoms with E-state index in [0.29, 0.717) is 11.4 Å². The van der Waals surface area contributed by atoms with E-state index in [1.54, 1.807) is 0 Å². The average Bonchev–Trinajstić information content (AvgIpc) is 3.20. The molecule has 0 saturated heterocycles. The number of hydrogen-bond acceptors (Lipinski definition) is 2. The highest BCUT2D eigenvalue weighted by Gasteiger charge is 2.15. The van der Waals surface area contributed by atoms with Gasteiger partial charge >= 0.3 is 0 Å². The van der Waals surface area contributed by atoms with Crippen LogP contribution in [0.25, 0.3) is 28.4 Å². The van der Waals surface area contributed by atoms with Gasteiger partial charge in [-0.15, -0.1) is 0 Å². The van der Waals surface area contributed by atoms with Gasteiger partial charge in [0.2, 0.25) is 0 Å². The molecule has 0 radical (unpaired) electrons. The van der Waals surface area contributed by atoms with Gasteiger partial charge in [0.25, 0.3) is 0 Å². The van der Waals surface area contributed by atoms with Crippen LogP contribution in [0.4, 0.5) is 0 Å². The smallest absolute Gasteiger partial charge is 0.149 e. The van der Waals surface area contributed by atoms with Gasteiger partial charge in [0.05, 0.1) is 22.3 Å². The zero-order valence-electron chi connectivity index (χ0n) is 18.4. The molecule has 0 aliphatic carbocycles. The Bertz CT molecular complexity index is 1330. The third-order valence-electron chi connectivity index (χ3n) is 5.64. The molecule has 0 saturated carbocycles. The van der Waals surface area contributed by atoms with Crippen molar-refractivity contribution in [1.82, 2.24) is 14.5 Å². The monoisotopic (exact) mass is 394 g/mol. The number of imidazole rings is 1. The minimum absolute atomic E-state index is 0.529. The molecule has 0 amide bonds. The van der Waals surface area contributed by atoms with Crippen LogP contribution in [0.5, 0.6) is 0 Å². The predicted molar refractivity (Wildman–Crippen MR) is 124 cm³/mol. The molecule has 0 bridgehead atoms. The first-order chi connectivity index (χ1) is 14.3. The topological polar surface area (TPSA) is 57.4 Å². The van der Waals surface area contributed by atoms with Gasteiger partial charge in [-0.3, -0.25) is 0 Å². The number of nitrogens with one attached hydrogen (secondary N) is 1. The Morgan fingerprint density at radius 1 is 0.967 bits per heavy atom. The Morgan fingerprint density at radius 3 is 2.33 bits per heavy atom. The molecule has 150 valence electrons. The molecule has 4 heteroatoms. The Morgan fingerprint density at radius 2 is 1.67 bits per heavy atom. The summed E-state index contributed by atoms with van der Waals surface area (Å²) >= 11 is 0. The fourth-order valence-electron chi connectivity index (χ4n) is 4.36. The van der Waals surface area contributed by atoms with Crippen molar-refractivity contribution in [2.24, 2.45) is 0 Å². The van der Waals surface area contributed by atoms with Gasteiger partial charge in [0.15, 0.2) is 0 Å². The Balaban J connectivity index is 1.84. The summed E-state index contributed by atoms with van der Waals surface area (Å²) in [6.07, 6.45) is 1.93. The van der Waals surface area contributed by atoms with Crippen molar-refractivity contribution in [1.29, 1.82) is 5.26 Å². The van der Waals surface area contributed by atoms with Crippen molar-refractivity contribution in [3.63, 3.8) is 0 Å². The lowest BCUT2D eigenvalue weighted by atomic mass is 10.0. The minimum atomic E-state index is 0.529. The first kappa shape index (κ1) is 19.7. The van der Waals surface area contributed by atoms with Crippen molar-refractivity contribution < 1.29 is 0 Å². The first-order valence-corrected chi connectivity index (χ1v) is 10.1. The Labute approximate surface area is 177 Å². The second kappa shape index (κ2) is 7.35. The van der Waals surface area contributed by atoms with Crippen LogP contribution in [0.3, 0.4) is 0 Å². The number of H-pyrrole nitrogens is 1. The van der Waals surface area contributed by atoms with Crippen LogP contribution in [-0.2, 0) is 0 Å². The van der Waals surface area contributed by atoms with Crippen molar-refractivity contribution in [3.8, 4) is 11.8 Å². The van der Waals surface area contributed by atoms with E-state index in [2.05, 4.69) is 79.5 Å². The van der Waals surface area contributed by atoms with Gasteiger partial charge in [0.1, 0.15) is 11.9 Å². The second-order valence-corrected chi connectivity index (χ2v) is 8.19. The number of aromatic nitrogens is 3. The van der Waals surface area contributed by atoms with Gasteiger partial charge in [-0.1, -0.05) is 23.8 Å². The van der Waals surface area contributed by atoms with Crippen LogP contribution in [0, 0.1) is 52.9 Å². The molecule has 1 N–H and O–H groups in total. The summed E-state index contributed by atoms with van der Waals surface area (Å²) in [5.41, 5.74) is 11.8. The predicted octanol–water partition coefficient (Wildman–Crippen LogP) is 6.27. The van der Waals surface area contributed by atoms with Crippen molar-refractivity contribution in [2.75, 3.05) is 0 Å². The molecule has 0 spiro atoms. The molecule has 2 heterocycles. The maximum absolute atomic E-state index is 9.84. The number of rotatable bonds is 3. The van der Waals surface area contributed by atoms with E-state index >= 15 is 0 Å². The number of nitrogens with zero attached hydrogens (tertiary/aromatic N) is 3. The van der Waals surface area contributed by atoms with Crippen molar-refractivity contribution in [2.45, 2.75) is 41.5 Å². The van der Waals surface area contributed by atoms with Crippen LogP contribution >= 0.6 is 0 Å². The van der Waals surface area contributed by atoms with Crippen LogP contribution in [0.1, 0.15) is 45.0 Å². The number of allylic oxidation sites excluding steroid dienone is 1. The fraction of sp³-hybridized carbons (Fsp3) is 0.231. The summed E-state index contributed by atoms with van der Waals surface area (Å²) in [6, 6.07) is 15.0. The van der Waals surface area contributed by atoms with Crippen molar-refractivity contribution >= 4 is 22.7 Å². The lowest BCUT2D eigenvalue weighted by Crippen LogP contribution is -2.04. The lowest BCUT2D eigenvalue weighted by Gasteiger charge is -2.17. The van der Waals surface area contributed by atoms with E-state index in [1.807, 2.05) is 25.1 Å². The van der Waals surface area contributed by atoms with Crippen LogP contribution in [0.15, 0.2) is 36.4 Å². The molecule has 0 aliphatic heterocycles. The van der Waals surface area contributed by atoms with Gasteiger partial charge in [0, 0.05) is 11.4 Å². The molecule has 0 aliphatic rings. The van der Waals surface area contributed by atoms with E-state index in [-0.39, 0.29) is 0 Å². The highest BCUT2D eigenvalue weighted by molar-refractivity contribution is 5.91. The lowest BCUT2D eigenvalue weighted by molar-refractivity contribution is 0.941. The summed E-state index contributed by atoms with van der Waals surface area (Å²) in [5, 5.41) is 9.84. The first-order valence-electron chi connectivity index (χ1n) is 10.1. The maximum Gasteiger partial charge on any atom is 0.149 e. The van der Waals surface area contributed by atoms with Crippen LogP contribution in [-0.4, -0.2) is 14.5 Å². The van der Waals surface area contributed by atoms with Crippen LogP contribution < -0.4 is 0 Å². The zero-order chi connectivity index (χ0) is 21.6. The SMILES string of the molecule is Cc1cc(C)c(-n2c(C)cc(/C=C(/C#N)c3nc4ccc(C)cc4[nH]3)c2C)c(C)c1. The summed E-state index contributed by atoms with van der Waals surface area (Å²) < 4.78 is 2.28. The molecular weight excluding hydrogens is 368 g/mol. The van der Waals surface area contributed by atoms with Crippen LogP contribution in [0.2, 0.25) is 0 Å². The average molecular weight is 395 g/mol. The van der Waals surface area contributed by atoms with Gasteiger partial charge in [-0.2, -0.15) is 5.26 Å². The number of nitriles is 1. The van der Waals surface area contributed by atoms with E-state index in [9.17, 15) is 5.26 Å². The minimum Gasteiger partial charge on any atom is -0.337 e. The standard InChI is InChI=1S/C26H26N4/c1-15-7-8-23-24(11-15)29-26(28-23)22(14-27)13-21-12-19(5)30(20(21)6)25-17(3)9-16(2)10-18(25)4/h7-13H,1-6H3,(H,28,29)/b22-13-. The van der Waals surface area contributed by atoms with Crippen molar-refractivity contribution in [3.05, 3.63) is 81.4 Å². The number of aryl methyl sites for hydroxylation is 5. The number of fused-ring (bicyclic) bond motifs is 1.